The molecule has 3 rings (SSSR count). The molecule has 0 bridgehead atoms. The largest absolute Gasteiger partial charge is 0.453 e. The summed E-state index contributed by atoms with van der Waals surface area (Å²) < 4.78 is 4.57. The lowest BCUT2D eigenvalue weighted by Gasteiger charge is -2.08. The van der Waals surface area contributed by atoms with Crippen molar-refractivity contribution in [2.75, 3.05) is 12.4 Å². The maximum Gasteiger partial charge on any atom is 0.411 e. The first-order valence-corrected chi connectivity index (χ1v) is 7.10. The fraction of sp³-hybridized carbons (Fsp3) is 0.125. The minimum atomic E-state index is -0.560. The van der Waals surface area contributed by atoms with Crippen LogP contribution in [-0.4, -0.2) is 23.9 Å². The fourth-order valence-electron chi connectivity index (χ4n) is 2.29. The van der Waals surface area contributed by atoms with Crippen molar-refractivity contribution in [2.24, 2.45) is 4.99 Å². The number of carbonyl (C=O) groups is 1. The van der Waals surface area contributed by atoms with E-state index in [-0.39, 0.29) is 0 Å². The number of fused-ring (bicyclic) bond motifs is 1. The Morgan fingerprint density at radius 2 is 2.26 bits per heavy atom. The number of hydrogen-bond donors (Lipinski definition) is 1. The molecule has 0 fully saturated rings. The fourth-order valence-corrected chi connectivity index (χ4v) is 2.52. The van der Waals surface area contributed by atoms with Gasteiger partial charge in [-0.3, -0.25) is 5.32 Å². The first-order valence-electron chi connectivity index (χ1n) is 6.72. The summed E-state index contributed by atoms with van der Waals surface area (Å²) in [5.41, 5.74) is 3.37. The lowest BCUT2D eigenvalue weighted by atomic mass is 10.0. The molecular formula is C16H11ClN4O2. The van der Waals surface area contributed by atoms with Crippen molar-refractivity contribution < 1.29 is 9.53 Å². The van der Waals surface area contributed by atoms with E-state index in [1.165, 1.54) is 13.3 Å². The SMILES string of the molecule is COC(=O)Nc1ccc(Cl)c(C2=Nc3ncc(C#N)cc3C2)c1. The Bertz CT molecular complexity index is 871. The van der Waals surface area contributed by atoms with Gasteiger partial charge in [-0.15, -0.1) is 0 Å². The summed E-state index contributed by atoms with van der Waals surface area (Å²) >= 11 is 6.25. The molecule has 0 spiro atoms. The topological polar surface area (TPSA) is 87.4 Å². The molecule has 1 amide bonds. The minimum absolute atomic E-state index is 0.493. The van der Waals surface area contributed by atoms with Crippen molar-refractivity contribution >= 4 is 34.9 Å². The average molecular weight is 327 g/mol. The number of nitrogens with one attached hydrogen (secondary N) is 1. The Balaban J connectivity index is 1.93. The van der Waals surface area contributed by atoms with Crippen LogP contribution in [0.25, 0.3) is 0 Å². The molecule has 0 atom stereocenters. The number of aromatic nitrogens is 1. The third-order valence-electron chi connectivity index (χ3n) is 3.38. The van der Waals surface area contributed by atoms with Crippen LogP contribution in [0.2, 0.25) is 5.02 Å². The van der Waals surface area contributed by atoms with E-state index in [0.29, 0.717) is 34.1 Å². The number of hydrogen-bond acceptors (Lipinski definition) is 5. The molecule has 0 radical (unpaired) electrons. The van der Waals surface area contributed by atoms with Crippen molar-refractivity contribution in [3.63, 3.8) is 0 Å². The van der Waals surface area contributed by atoms with Crippen molar-refractivity contribution in [1.82, 2.24) is 4.98 Å². The second kappa shape index (κ2) is 6.07. The number of anilines is 1. The predicted octanol–water partition coefficient (Wildman–Crippen LogP) is 3.46. The van der Waals surface area contributed by atoms with Gasteiger partial charge in [0.2, 0.25) is 0 Å². The summed E-state index contributed by atoms with van der Waals surface area (Å²) in [7, 11) is 1.29. The number of pyridine rings is 1. The highest BCUT2D eigenvalue weighted by molar-refractivity contribution is 6.34. The number of methoxy groups -OCH3 is 1. The molecule has 1 N–H and O–H groups in total. The third-order valence-corrected chi connectivity index (χ3v) is 3.71. The number of nitrogens with zero attached hydrogens (tertiary/aromatic N) is 3. The van der Waals surface area contributed by atoms with Gasteiger partial charge in [0, 0.05) is 34.5 Å². The average Bonchev–Trinajstić information content (AvgIpc) is 2.99. The number of aliphatic imine (C=N–C) groups is 1. The normalized spacial score (nSPS) is 12.1. The minimum Gasteiger partial charge on any atom is -0.453 e. The number of amides is 1. The lowest BCUT2D eigenvalue weighted by Crippen LogP contribution is -2.12. The van der Waals surface area contributed by atoms with Crippen LogP contribution in [0.15, 0.2) is 35.5 Å². The Labute approximate surface area is 137 Å². The summed E-state index contributed by atoms with van der Waals surface area (Å²) in [5.74, 6) is 0.585. The molecule has 2 aromatic rings. The number of ether oxygens (including phenoxy) is 1. The van der Waals surface area contributed by atoms with Crippen molar-refractivity contribution in [1.29, 1.82) is 5.26 Å². The summed E-state index contributed by atoms with van der Waals surface area (Å²) in [6.07, 6.45) is 1.46. The number of rotatable bonds is 2. The lowest BCUT2D eigenvalue weighted by molar-refractivity contribution is 0.187. The molecule has 2 heterocycles. The number of carbonyl (C=O) groups excluding carboxylic acids is 1. The highest BCUT2D eigenvalue weighted by Gasteiger charge is 2.20. The highest BCUT2D eigenvalue weighted by atomic mass is 35.5. The highest BCUT2D eigenvalue weighted by Crippen LogP contribution is 2.31. The van der Waals surface area contributed by atoms with E-state index in [4.69, 9.17) is 16.9 Å². The van der Waals surface area contributed by atoms with Gasteiger partial charge in [-0.2, -0.15) is 5.26 Å². The van der Waals surface area contributed by atoms with E-state index in [2.05, 4.69) is 26.1 Å². The second-order valence-electron chi connectivity index (χ2n) is 4.87. The number of nitriles is 1. The molecule has 1 aromatic heterocycles. The van der Waals surface area contributed by atoms with Gasteiger partial charge in [-0.05, 0) is 24.3 Å². The molecular weight excluding hydrogens is 316 g/mol. The van der Waals surface area contributed by atoms with E-state index in [1.807, 2.05) is 0 Å². The molecule has 0 saturated heterocycles. The predicted molar refractivity (Wildman–Crippen MR) is 86.3 cm³/mol. The van der Waals surface area contributed by atoms with Gasteiger partial charge >= 0.3 is 6.09 Å². The van der Waals surface area contributed by atoms with Crippen LogP contribution in [-0.2, 0) is 11.2 Å². The standard InChI is InChI=1S/C16H11ClN4O2/c1-23-16(22)20-11-2-3-13(17)12(6-11)14-5-10-4-9(7-18)8-19-15(10)21-14/h2-4,6,8H,5H2,1H3,(H,20,22). The van der Waals surface area contributed by atoms with Crippen LogP contribution in [0.1, 0.15) is 16.7 Å². The molecule has 0 saturated carbocycles. The van der Waals surface area contributed by atoms with Gasteiger partial charge in [-0.1, -0.05) is 11.6 Å². The zero-order valence-corrected chi connectivity index (χ0v) is 12.9. The second-order valence-corrected chi connectivity index (χ2v) is 5.27. The van der Waals surface area contributed by atoms with Crippen molar-refractivity contribution in [2.45, 2.75) is 6.42 Å². The summed E-state index contributed by atoms with van der Waals surface area (Å²) in [6.45, 7) is 0. The van der Waals surface area contributed by atoms with E-state index in [0.717, 1.165) is 11.3 Å². The van der Waals surface area contributed by atoms with Gasteiger partial charge in [0.15, 0.2) is 5.82 Å². The Morgan fingerprint density at radius 3 is 3.00 bits per heavy atom. The zero-order chi connectivity index (χ0) is 16.4. The first kappa shape index (κ1) is 15.0. The summed E-state index contributed by atoms with van der Waals surface area (Å²) in [4.78, 5) is 20.0. The molecule has 0 unspecified atom stereocenters. The molecule has 114 valence electrons. The Kier molecular flexibility index (Phi) is 3.96. The number of halogens is 1. The molecule has 1 aliphatic heterocycles. The maximum absolute atomic E-state index is 11.3. The van der Waals surface area contributed by atoms with E-state index >= 15 is 0 Å². The van der Waals surface area contributed by atoms with Crippen LogP contribution < -0.4 is 5.32 Å². The summed E-state index contributed by atoms with van der Waals surface area (Å²) in [6, 6.07) is 8.92. The molecule has 1 aliphatic rings. The van der Waals surface area contributed by atoms with Gasteiger partial charge in [0.1, 0.15) is 6.07 Å². The van der Waals surface area contributed by atoms with Gasteiger partial charge in [0.05, 0.1) is 18.4 Å². The summed E-state index contributed by atoms with van der Waals surface area (Å²) in [5, 5.41) is 12.0. The number of benzene rings is 1. The smallest absolute Gasteiger partial charge is 0.411 e. The first-order chi connectivity index (χ1) is 11.1. The Hall–Kier alpha value is -2.91. The van der Waals surface area contributed by atoms with Crippen molar-refractivity contribution in [3.05, 3.63) is 52.2 Å². The van der Waals surface area contributed by atoms with Crippen LogP contribution in [0.4, 0.5) is 16.3 Å². The molecule has 1 aromatic carbocycles. The van der Waals surface area contributed by atoms with E-state index in [1.54, 1.807) is 24.3 Å². The molecule has 0 aliphatic carbocycles. The third kappa shape index (κ3) is 3.00. The van der Waals surface area contributed by atoms with E-state index in [9.17, 15) is 4.79 Å². The molecule has 23 heavy (non-hydrogen) atoms. The van der Waals surface area contributed by atoms with E-state index < -0.39 is 6.09 Å². The molecule has 6 nitrogen and oxygen atoms in total. The van der Waals surface area contributed by atoms with Crippen LogP contribution in [0.5, 0.6) is 0 Å². The van der Waals surface area contributed by atoms with Crippen molar-refractivity contribution in [3.8, 4) is 6.07 Å². The van der Waals surface area contributed by atoms with Gasteiger partial charge in [-0.25, -0.2) is 14.8 Å². The monoisotopic (exact) mass is 326 g/mol. The van der Waals surface area contributed by atoms with Crippen LogP contribution in [0.3, 0.4) is 0 Å². The zero-order valence-electron chi connectivity index (χ0n) is 12.1. The van der Waals surface area contributed by atoms with Crippen LogP contribution >= 0.6 is 11.6 Å². The van der Waals surface area contributed by atoms with Gasteiger partial charge in [0.25, 0.3) is 0 Å². The quantitative estimate of drug-likeness (QED) is 0.915. The maximum atomic E-state index is 11.3. The van der Waals surface area contributed by atoms with Gasteiger partial charge < -0.3 is 4.74 Å². The molecule has 7 heteroatoms. The van der Waals surface area contributed by atoms with Crippen LogP contribution in [0, 0.1) is 11.3 Å². The Morgan fingerprint density at radius 1 is 1.43 bits per heavy atom.